The van der Waals surface area contributed by atoms with E-state index >= 15 is 0 Å². The molecule has 230 valence electrons. The topological polar surface area (TPSA) is 123 Å². The summed E-state index contributed by atoms with van der Waals surface area (Å²) in [7, 11) is 5.81. The number of hydrogen-bond donors (Lipinski definition) is 5. The summed E-state index contributed by atoms with van der Waals surface area (Å²) < 4.78 is 5.24. The molecule has 0 bridgehead atoms. The quantitative estimate of drug-likeness (QED) is 0.296. The summed E-state index contributed by atoms with van der Waals surface area (Å²) in [5.41, 5.74) is 1.41. The first-order chi connectivity index (χ1) is 20.3. The second-order valence-electron chi connectivity index (χ2n) is 11.3. The van der Waals surface area contributed by atoms with Crippen LogP contribution in [0.25, 0.3) is 0 Å². The Morgan fingerprint density at radius 2 is 0.976 bits per heavy atom. The van der Waals surface area contributed by atoms with Gasteiger partial charge in [-0.2, -0.15) is 0 Å². The lowest BCUT2D eigenvalue weighted by Gasteiger charge is -2.12. The van der Waals surface area contributed by atoms with E-state index < -0.39 is 0 Å². The van der Waals surface area contributed by atoms with Gasteiger partial charge in [0, 0.05) is 39.8 Å². The molecule has 3 aliphatic carbocycles. The van der Waals surface area contributed by atoms with Crippen LogP contribution in [-0.4, -0.2) is 94.6 Å². The number of rotatable bonds is 7. The van der Waals surface area contributed by atoms with Gasteiger partial charge in [-0.3, -0.25) is 9.59 Å². The van der Waals surface area contributed by atoms with Crippen LogP contribution in [0.1, 0.15) is 59.2 Å². The monoisotopic (exact) mass is 615 g/mol. The molecule has 1 aliphatic heterocycles. The van der Waals surface area contributed by atoms with Crippen LogP contribution in [0.2, 0.25) is 0 Å². The Bertz CT molecular complexity index is 1040. The van der Waals surface area contributed by atoms with Crippen LogP contribution >= 0.6 is 23.5 Å². The van der Waals surface area contributed by atoms with Crippen molar-refractivity contribution >= 4 is 33.8 Å². The first kappa shape index (κ1) is 33.1. The van der Waals surface area contributed by atoms with Crippen LogP contribution in [0.5, 0.6) is 0 Å². The van der Waals surface area contributed by atoms with Crippen LogP contribution in [0.15, 0.2) is 60.7 Å². The smallest absolute Gasteiger partial charge is 0.219 e. The number of ether oxygens (including phenoxy) is 1. The highest BCUT2D eigenvalue weighted by atomic mass is 32.2. The van der Waals surface area contributed by atoms with Crippen LogP contribution in [0.3, 0.4) is 0 Å². The molecule has 1 saturated heterocycles. The lowest BCUT2D eigenvalue weighted by molar-refractivity contribution is 0.107. The third-order valence-electron chi connectivity index (χ3n) is 8.43. The van der Waals surface area contributed by atoms with Crippen molar-refractivity contribution in [3.8, 4) is 0 Å². The average Bonchev–Trinajstić information content (AvgIpc) is 3.29. The Hall–Kier alpha value is -1.76. The first-order valence-electron chi connectivity index (χ1n) is 14.9. The van der Waals surface area contributed by atoms with Crippen LogP contribution in [-0.2, 0) is 4.74 Å². The Balaban J connectivity index is 0.000000153. The summed E-state index contributed by atoms with van der Waals surface area (Å²) in [4.78, 5) is 23.9. The van der Waals surface area contributed by atoms with Crippen molar-refractivity contribution in [3.63, 3.8) is 0 Å². The van der Waals surface area contributed by atoms with E-state index in [0.29, 0.717) is 35.4 Å². The molecule has 0 aromatic heterocycles. The average molecular weight is 616 g/mol. The van der Waals surface area contributed by atoms with E-state index in [1.54, 1.807) is 0 Å². The summed E-state index contributed by atoms with van der Waals surface area (Å²) >= 11 is 2.52. The summed E-state index contributed by atoms with van der Waals surface area (Å²) in [6.45, 7) is 0. The van der Waals surface area contributed by atoms with Crippen molar-refractivity contribution in [2.45, 2.75) is 91.6 Å². The van der Waals surface area contributed by atoms with Gasteiger partial charge in [-0.15, -0.1) is 0 Å². The van der Waals surface area contributed by atoms with E-state index in [4.69, 9.17) is 4.74 Å². The van der Waals surface area contributed by atoms with Crippen molar-refractivity contribution in [2.75, 3.05) is 21.1 Å². The van der Waals surface area contributed by atoms with Gasteiger partial charge >= 0.3 is 0 Å². The largest absolute Gasteiger partial charge is 0.392 e. The molecule has 5 N–H and O–H groups in total. The number of carbonyl (C=O) groups is 2. The zero-order valence-electron chi connectivity index (χ0n) is 24.6. The molecule has 3 saturated carbocycles. The summed E-state index contributed by atoms with van der Waals surface area (Å²) in [5.74, 6) is 0. The summed E-state index contributed by atoms with van der Waals surface area (Å²) in [6, 6.07) is 19.9. The van der Waals surface area contributed by atoms with Gasteiger partial charge in [-0.25, -0.2) is 0 Å². The number of carbonyl (C=O) groups excluding carboxylic acids is 2. The van der Waals surface area contributed by atoms with Gasteiger partial charge in [0.25, 0.3) is 0 Å². The molecule has 0 spiro atoms. The predicted molar refractivity (Wildman–Crippen MR) is 171 cm³/mol. The van der Waals surface area contributed by atoms with Gasteiger partial charge in [0.05, 0.1) is 24.4 Å². The highest BCUT2D eigenvalue weighted by Gasteiger charge is 2.47. The number of benzene rings is 2. The van der Waals surface area contributed by atoms with Crippen molar-refractivity contribution in [2.24, 2.45) is 0 Å². The van der Waals surface area contributed by atoms with E-state index in [1.165, 1.54) is 36.4 Å². The van der Waals surface area contributed by atoms with E-state index in [2.05, 4.69) is 16.0 Å². The molecule has 0 radical (unpaired) electrons. The fourth-order valence-electron chi connectivity index (χ4n) is 5.72. The molecule has 42 heavy (non-hydrogen) atoms. The van der Waals surface area contributed by atoms with Crippen molar-refractivity contribution in [3.05, 3.63) is 71.8 Å². The number of fused-ring (bicyclic) bond motifs is 1. The first-order valence-corrected chi connectivity index (χ1v) is 16.6. The second kappa shape index (κ2) is 16.4. The van der Waals surface area contributed by atoms with Gasteiger partial charge < -0.3 is 30.9 Å². The second-order valence-corrected chi connectivity index (χ2v) is 13.8. The fourth-order valence-corrected chi connectivity index (χ4v) is 8.01. The number of hydrogen-bond acceptors (Lipinski definition) is 10. The standard InChI is InChI=1S/2C13H17NO2S.C6H11NO/c2*1-14-10-7-11(15)12(8-10)17-13(16)9-5-3-2-4-6-9;1-7-4-2-5-6(3-4)8-5/h2*2-6,10-12,14-15H,7-8H2,1H3;4-7H,2-3H2,1H3/t2*10-,11-,12-;4?,5-,6+/m10./s1. The minimum Gasteiger partial charge on any atom is -0.392 e. The maximum atomic E-state index is 12.0. The maximum absolute atomic E-state index is 12.0. The van der Waals surface area contributed by atoms with E-state index in [1.807, 2.05) is 81.8 Å². The molecule has 4 fully saturated rings. The number of nitrogens with one attached hydrogen (secondary N) is 3. The molecule has 8 nitrogen and oxygen atoms in total. The zero-order valence-corrected chi connectivity index (χ0v) is 26.3. The predicted octanol–water partition coefficient (Wildman–Crippen LogP) is 3.48. The molecule has 0 amide bonds. The Labute approximate surface area is 258 Å². The summed E-state index contributed by atoms with van der Waals surface area (Å²) in [6.07, 6.45) is 6.13. The molecule has 2 aromatic carbocycles. The number of epoxide rings is 1. The van der Waals surface area contributed by atoms with Crippen molar-refractivity contribution in [1.29, 1.82) is 0 Å². The van der Waals surface area contributed by atoms with Crippen LogP contribution in [0.4, 0.5) is 0 Å². The fraction of sp³-hybridized carbons (Fsp3) is 0.562. The molecule has 9 atom stereocenters. The van der Waals surface area contributed by atoms with Gasteiger partial charge in [0.15, 0.2) is 0 Å². The van der Waals surface area contributed by atoms with Crippen molar-refractivity contribution in [1.82, 2.24) is 16.0 Å². The Morgan fingerprint density at radius 3 is 1.29 bits per heavy atom. The van der Waals surface area contributed by atoms with Crippen molar-refractivity contribution < 1.29 is 24.5 Å². The molecule has 1 unspecified atom stereocenters. The number of thioether (sulfide) groups is 2. The minimum atomic E-state index is -0.384. The van der Waals surface area contributed by atoms with Gasteiger partial charge in [-0.1, -0.05) is 84.2 Å². The number of aliphatic hydroxyl groups excluding tert-OH is 2. The van der Waals surface area contributed by atoms with E-state index in [0.717, 1.165) is 31.7 Å². The highest BCUT2D eigenvalue weighted by Crippen LogP contribution is 2.38. The summed E-state index contributed by atoms with van der Waals surface area (Å²) in [5, 5.41) is 29.4. The maximum Gasteiger partial charge on any atom is 0.219 e. The van der Waals surface area contributed by atoms with Crippen LogP contribution < -0.4 is 16.0 Å². The molecule has 2 aromatic rings. The third kappa shape index (κ3) is 9.62. The normalized spacial score (nSPS) is 32.6. The van der Waals surface area contributed by atoms with E-state index in [-0.39, 0.29) is 32.9 Å². The Kier molecular flexibility index (Phi) is 12.9. The molecular formula is C32H45N3O5S2. The van der Waals surface area contributed by atoms with Gasteiger partial charge in [-0.05, 0) is 59.7 Å². The highest BCUT2D eigenvalue weighted by molar-refractivity contribution is 8.15. The molecular weight excluding hydrogens is 571 g/mol. The van der Waals surface area contributed by atoms with Gasteiger partial charge in [0.1, 0.15) is 0 Å². The molecule has 1 heterocycles. The number of aliphatic hydroxyl groups is 2. The molecule has 6 rings (SSSR count). The van der Waals surface area contributed by atoms with Gasteiger partial charge in [0.2, 0.25) is 10.2 Å². The molecule has 10 heteroatoms. The zero-order chi connectivity index (χ0) is 30.1. The lowest BCUT2D eigenvalue weighted by Crippen LogP contribution is -2.23. The lowest BCUT2D eigenvalue weighted by atomic mass is 10.2. The van der Waals surface area contributed by atoms with Crippen LogP contribution in [0, 0.1) is 0 Å². The molecule has 4 aliphatic rings. The Morgan fingerprint density at radius 1 is 0.619 bits per heavy atom. The SMILES string of the molecule is CNC1C[C@@H]2O[C@@H]2C1.CN[C@@H]1C[C@@H](O)[C@H](SC(=O)c2ccccc2)C1.CN[C@@H]1C[C@H](SC(=O)c2ccccc2)[C@@H](O)C1. The third-order valence-corrected chi connectivity index (χ3v) is 10.9. The van der Waals surface area contributed by atoms with E-state index in [9.17, 15) is 19.8 Å². The minimum absolute atomic E-state index is 0.0140.